The van der Waals surface area contributed by atoms with Crippen LogP contribution in [-0.2, 0) is 0 Å². The molecule has 1 aromatic heterocycles. The summed E-state index contributed by atoms with van der Waals surface area (Å²) in [6.07, 6.45) is 2.28. The molecule has 24 heavy (non-hydrogen) atoms. The van der Waals surface area contributed by atoms with Gasteiger partial charge in [0, 0.05) is 36.9 Å². The molecule has 2 aliphatic heterocycles. The van der Waals surface area contributed by atoms with E-state index in [4.69, 9.17) is 4.98 Å². The number of allylic oxidation sites excluding steroid dienone is 1. The molecule has 0 fully saturated rings. The summed E-state index contributed by atoms with van der Waals surface area (Å²) in [6.45, 7) is 9.15. The van der Waals surface area contributed by atoms with Crippen LogP contribution in [0.4, 0.5) is 5.69 Å². The standard InChI is InChI=1S/C21H26N3/c1-13(2)19-21-18-16(11-8-12-22-18)17-10-7-9-14(3)20(17)24(21,6)15(4)23(19)5/h7-13,15H,1-6H3/q+1. The summed E-state index contributed by atoms with van der Waals surface area (Å²) in [5, 5.41) is 0. The SMILES string of the molecule is Cc1cccc2c1[N+]1(C)C(=C(C(C)C)N(C)C1C)c1ncccc1-2. The Morgan fingerprint density at radius 1 is 1.12 bits per heavy atom. The van der Waals surface area contributed by atoms with Crippen LogP contribution in [0.3, 0.4) is 0 Å². The van der Waals surface area contributed by atoms with Gasteiger partial charge >= 0.3 is 0 Å². The maximum Gasteiger partial charge on any atom is 0.185 e. The molecule has 0 amide bonds. The van der Waals surface area contributed by atoms with Gasteiger partial charge in [0.25, 0.3) is 0 Å². The highest BCUT2D eigenvalue weighted by Crippen LogP contribution is 2.55. The molecule has 4 rings (SSSR count). The first-order chi connectivity index (χ1) is 11.4. The Hall–Kier alpha value is -2.13. The van der Waals surface area contributed by atoms with Gasteiger partial charge in [0.05, 0.1) is 12.7 Å². The van der Waals surface area contributed by atoms with Crippen LogP contribution in [0.2, 0.25) is 0 Å². The number of hydrogen-bond acceptors (Lipinski definition) is 2. The highest BCUT2D eigenvalue weighted by atomic mass is 15.5. The summed E-state index contributed by atoms with van der Waals surface area (Å²) < 4.78 is 0.816. The van der Waals surface area contributed by atoms with Gasteiger partial charge in [0.1, 0.15) is 11.4 Å². The largest absolute Gasteiger partial charge is 0.323 e. The van der Waals surface area contributed by atoms with E-state index in [0.717, 1.165) is 10.2 Å². The fourth-order valence-electron chi connectivity index (χ4n) is 4.76. The van der Waals surface area contributed by atoms with Gasteiger partial charge in [-0.15, -0.1) is 0 Å². The summed E-state index contributed by atoms with van der Waals surface area (Å²) in [7, 11) is 4.59. The quantitative estimate of drug-likeness (QED) is 0.713. The van der Waals surface area contributed by atoms with E-state index in [9.17, 15) is 0 Å². The van der Waals surface area contributed by atoms with E-state index in [1.807, 2.05) is 6.20 Å². The van der Waals surface area contributed by atoms with E-state index in [0.29, 0.717) is 12.1 Å². The molecule has 0 N–H and O–H groups in total. The average molecular weight is 320 g/mol. The number of para-hydroxylation sites is 1. The number of benzene rings is 1. The van der Waals surface area contributed by atoms with Crippen LogP contribution in [0.5, 0.6) is 0 Å². The van der Waals surface area contributed by atoms with Crippen LogP contribution in [0, 0.1) is 12.8 Å². The average Bonchev–Trinajstić information content (AvgIpc) is 2.76. The van der Waals surface area contributed by atoms with Crippen molar-refractivity contribution in [3.8, 4) is 11.1 Å². The van der Waals surface area contributed by atoms with Crippen molar-refractivity contribution in [1.29, 1.82) is 0 Å². The molecule has 0 radical (unpaired) electrons. The van der Waals surface area contributed by atoms with Crippen molar-refractivity contribution in [1.82, 2.24) is 14.4 Å². The second kappa shape index (κ2) is 4.93. The van der Waals surface area contributed by atoms with E-state index in [2.05, 4.69) is 77.0 Å². The lowest BCUT2D eigenvalue weighted by Crippen LogP contribution is -2.53. The predicted molar refractivity (Wildman–Crippen MR) is 101 cm³/mol. The molecule has 2 aliphatic rings. The first-order valence-corrected chi connectivity index (χ1v) is 8.78. The van der Waals surface area contributed by atoms with Crippen LogP contribution in [-0.4, -0.2) is 30.1 Å². The van der Waals surface area contributed by atoms with Crippen molar-refractivity contribution in [2.75, 3.05) is 14.1 Å². The second-order valence-electron chi connectivity index (χ2n) is 7.58. The minimum atomic E-state index is 0.354. The molecule has 2 unspecified atom stereocenters. The molecule has 0 bridgehead atoms. The van der Waals surface area contributed by atoms with Crippen LogP contribution in [0.25, 0.3) is 16.8 Å². The Labute approximate surface area is 144 Å². The van der Waals surface area contributed by atoms with Gasteiger partial charge in [-0.1, -0.05) is 32.0 Å². The number of aryl methyl sites for hydroxylation is 1. The summed E-state index contributed by atoms with van der Waals surface area (Å²) >= 11 is 0. The van der Waals surface area contributed by atoms with Crippen LogP contribution in [0.1, 0.15) is 32.0 Å². The molecule has 2 aromatic rings. The number of pyridine rings is 1. The highest BCUT2D eigenvalue weighted by molar-refractivity contribution is 5.97. The summed E-state index contributed by atoms with van der Waals surface area (Å²) in [5.74, 6) is 0.466. The summed E-state index contributed by atoms with van der Waals surface area (Å²) in [4.78, 5) is 7.30. The summed E-state index contributed by atoms with van der Waals surface area (Å²) in [6, 6.07) is 10.9. The van der Waals surface area contributed by atoms with E-state index in [1.165, 1.54) is 33.8 Å². The Balaban J connectivity index is 2.20. The first kappa shape index (κ1) is 15.4. The summed E-state index contributed by atoms with van der Waals surface area (Å²) in [5.41, 5.74) is 9.31. The van der Waals surface area contributed by atoms with Crippen LogP contribution in [0.15, 0.2) is 42.2 Å². The van der Waals surface area contributed by atoms with Gasteiger partial charge in [-0.2, -0.15) is 0 Å². The van der Waals surface area contributed by atoms with Gasteiger partial charge in [-0.25, -0.2) is 9.47 Å². The van der Waals surface area contributed by atoms with E-state index >= 15 is 0 Å². The lowest BCUT2D eigenvalue weighted by atomic mass is 9.89. The fourth-order valence-corrected chi connectivity index (χ4v) is 4.76. The molecule has 0 aliphatic carbocycles. The molecule has 2 atom stereocenters. The van der Waals surface area contributed by atoms with Crippen molar-refractivity contribution < 1.29 is 0 Å². The van der Waals surface area contributed by atoms with E-state index in [-0.39, 0.29) is 0 Å². The third-order valence-corrected chi connectivity index (χ3v) is 5.97. The minimum Gasteiger partial charge on any atom is -0.323 e. The lowest BCUT2D eigenvalue weighted by molar-refractivity contribution is 0.212. The lowest BCUT2D eigenvalue weighted by Gasteiger charge is -2.41. The Bertz CT molecular complexity index is 865. The zero-order chi connectivity index (χ0) is 17.2. The van der Waals surface area contributed by atoms with Crippen LogP contribution < -0.4 is 4.48 Å². The molecule has 3 nitrogen and oxygen atoms in total. The molecular formula is C21H26N3+. The number of quaternary nitrogens is 1. The molecule has 0 spiro atoms. The fraction of sp³-hybridized carbons (Fsp3) is 0.381. The Morgan fingerprint density at radius 2 is 1.83 bits per heavy atom. The van der Waals surface area contributed by atoms with Crippen molar-refractivity contribution in [2.24, 2.45) is 5.92 Å². The van der Waals surface area contributed by atoms with E-state index in [1.54, 1.807) is 0 Å². The molecule has 3 heterocycles. The van der Waals surface area contributed by atoms with Crippen molar-refractivity contribution in [3.63, 3.8) is 0 Å². The third-order valence-electron chi connectivity index (χ3n) is 5.97. The molecule has 0 saturated heterocycles. The number of nitrogens with zero attached hydrogens (tertiary/aromatic N) is 3. The minimum absolute atomic E-state index is 0.354. The van der Waals surface area contributed by atoms with Gasteiger partial charge in [0.2, 0.25) is 0 Å². The topological polar surface area (TPSA) is 16.1 Å². The second-order valence-corrected chi connectivity index (χ2v) is 7.58. The van der Waals surface area contributed by atoms with Crippen molar-refractivity contribution >= 4 is 11.4 Å². The number of fused-ring (bicyclic) bond motifs is 6. The zero-order valence-electron chi connectivity index (χ0n) is 15.5. The monoisotopic (exact) mass is 320 g/mol. The predicted octanol–water partition coefficient (Wildman–Crippen LogP) is 4.62. The normalized spacial score (nSPS) is 25.0. The molecule has 1 aromatic carbocycles. The molecule has 124 valence electrons. The van der Waals surface area contributed by atoms with Gasteiger partial charge in [-0.05, 0) is 25.0 Å². The van der Waals surface area contributed by atoms with Crippen molar-refractivity contribution in [3.05, 3.63) is 53.5 Å². The zero-order valence-corrected chi connectivity index (χ0v) is 15.5. The third kappa shape index (κ3) is 1.68. The first-order valence-electron chi connectivity index (χ1n) is 8.78. The molecule has 0 saturated carbocycles. The number of rotatable bonds is 1. The van der Waals surface area contributed by atoms with Gasteiger partial charge in [0.15, 0.2) is 11.9 Å². The van der Waals surface area contributed by atoms with Crippen LogP contribution >= 0.6 is 0 Å². The Morgan fingerprint density at radius 3 is 2.54 bits per heavy atom. The number of aromatic nitrogens is 1. The molecular weight excluding hydrogens is 294 g/mol. The van der Waals surface area contributed by atoms with E-state index < -0.39 is 0 Å². The smallest absolute Gasteiger partial charge is 0.185 e. The highest BCUT2D eigenvalue weighted by Gasteiger charge is 2.54. The number of hydrogen-bond donors (Lipinski definition) is 0. The van der Waals surface area contributed by atoms with Gasteiger partial charge < -0.3 is 4.90 Å². The molecule has 3 heteroatoms. The maximum absolute atomic E-state index is 4.84. The Kier molecular flexibility index (Phi) is 3.17. The van der Waals surface area contributed by atoms with Gasteiger partial charge in [-0.3, -0.25) is 0 Å². The maximum atomic E-state index is 4.84. The van der Waals surface area contributed by atoms with Crippen molar-refractivity contribution in [2.45, 2.75) is 33.9 Å².